The summed E-state index contributed by atoms with van der Waals surface area (Å²) in [7, 11) is 0. The fourth-order valence-corrected chi connectivity index (χ4v) is 7.66. The molecule has 0 atom stereocenters. The summed E-state index contributed by atoms with van der Waals surface area (Å²) in [5, 5.41) is 3.13. The second-order valence-corrected chi connectivity index (χ2v) is 11.8. The number of fused-ring (bicyclic) bond motifs is 10. The van der Waals surface area contributed by atoms with E-state index in [1.807, 2.05) is 0 Å². The number of para-hydroxylation sites is 1. The van der Waals surface area contributed by atoms with Crippen LogP contribution >= 0.6 is 11.6 Å². The maximum absolute atomic E-state index is 7.10. The number of hydrogen-bond acceptors (Lipinski definition) is 1. The van der Waals surface area contributed by atoms with Crippen LogP contribution in [0.1, 0.15) is 22.3 Å². The van der Waals surface area contributed by atoms with Crippen LogP contribution in [-0.2, 0) is 5.41 Å². The van der Waals surface area contributed by atoms with Crippen molar-refractivity contribution in [3.63, 3.8) is 0 Å². The van der Waals surface area contributed by atoms with Gasteiger partial charge in [0.05, 0.1) is 5.41 Å². The maximum Gasteiger partial charge on any atom is 0.140 e. The summed E-state index contributed by atoms with van der Waals surface area (Å²) < 4.78 is 6.94. The predicted molar refractivity (Wildman–Crippen MR) is 177 cm³/mol. The molecule has 0 amide bonds. The molecular weight excluding hydrogens is 544 g/mol. The van der Waals surface area contributed by atoms with Crippen LogP contribution in [0.4, 0.5) is 0 Å². The van der Waals surface area contributed by atoms with Crippen LogP contribution in [0.5, 0.6) is 11.5 Å². The molecule has 1 nitrogen and oxygen atoms in total. The first-order chi connectivity index (χ1) is 21.2. The summed E-state index contributed by atoms with van der Waals surface area (Å²) in [6.45, 7) is 0. The number of halogens is 1. The highest BCUT2D eigenvalue weighted by molar-refractivity contribution is 6.31. The zero-order valence-corrected chi connectivity index (χ0v) is 24.0. The van der Waals surface area contributed by atoms with Gasteiger partial charge in [0.2, 0.25) is 0 Å². The Balaban J connectivity index is 1.37. The van der Waals surface area contributed by atoms with Gasteiger partial charge in [-0.25, -0.2) is 0 Å². The van der Waals surface area contributed by atoms with Gasteiger partial charge in [-0.1, -0.05) is 139 Å². The van der Waals surface area contributed by atoms with E-state index in [9.17, 15) is 0 Å². The molecule has 202 valence electrons. The standard InChI is InChI=1S/C41H25ClO/c42-29-24-34(31-14-4-3-13-30(31)28-22-21-26-11-1-2-12-27(26)23-28)40-38(25-29)41(37-19-9-10-20-39(37)43-40)35-17-7-5-15-32(35)33-16-6-8-18-36(33)41/h1-25H. The molecule has 0 unspecified atom stereocenters. The highest BCUT2D eigenvalue weighted by atomic mass is 35.5. The third kappa shape index (κ3) is 3.40. The van der Waals surface area contributed by atoms with Crippen LogP contribution in [0.2, 0.25) is 5.02 Å². The first kappa shape index (κ1) is 24.5. The van der Waals surface area contributed by atoms with E-state index in [1.165, 1.54) is 33.0 Å². The third-order valence-corrected chi connectivity index (χ3v) is 9.41. The van der Waals surface area contributed by atoms with E-state index in [0.717, 1.165) is 44.9 Å². The quantitative estimate of drug-likeness (QED) is 0.201. The fourth-order valence-electron chi connectivity index (χ4n) is 7.44. The second-order valence-electron chi connectivity index (χ2n) is 11.4. The average molecular weight is 569 g/mol. The van der Waals surface area contributed by atoms with Crippen molar-refractivity contribution in [2.24, 2.45) is 0 Å². The lowest BCUT2D eigenvalue weighted by Crippen LogP contribution is -2.32. The molecule has 7 aromatic rings. The van der Waals surface area contributed by atoms with Crippen LogP contribution < -0.4 is 4.74 Å². The van der Waals surface area contributed by atoms with Gasteiger partial charge in [0.1, 0.15) is 11.5 Å². The van der Waals surface area contributed by atoms with Crippen molar-refractivity contribution >= 4 is 22.4 Å². The summed E-state index contributed by atoms with van der Waals surface area (Å²) in [6.07, 6.45) is 0. The van der Waals surface area contributed by atoms with Gasteiger partial charge in [-0.2, -0.15) is 0 Å². The molecule has 0 bridgehead atoms. The van der Waals surface area contributed by atoms with Gasteiger partial charge >= 0.3 is 0 Å². The zero-order valence-electron chi connectivity index (χ0n) is 23.2. The molecule has 0 aromatic heterocycles. The lowest BCUT2D eigenvalue weighted by molar-refractivity contribution is 0.438. The van der Waals surface area contributed by atoms with Crippen LogP contribution in [0.25, 0.3) is 44.2 Å². The van der Waals surface area contributed by atoms with E-state index in [1.54, 1.807) is 0 Å². The zero-order chi connectivity index (χ0) is 28.5. The largest absolute Gasteiger partial charge is 0.456 e. The maximum atomic E-state index is 7.10. The molecule has 43 heavy (non-hydrogen) atoms. The van der Waals surface area contributed by atoms with Gasteiger partial charge in [0.15, 0.2) is 0 Å². The summed E-state index contributed by atoms with van der Waals surface area (Å²) in [4.78, 5) is 0. The predicted octanol–water partition coefficient (Wildman–Crippen LogP) is 11.3. The normalized spacial score (nSPS) is 13.6. The highest BCUT2D eigenvalue weighted by Gasteiger charge is 2.51. The van der Waals surface area contributed by atoms with E-state index in [0.29, 0.717) is 5.02 Å². The van der Waals surface area contributed by atoms with Crippen LogP contribution in [0.15, 0.2) is 152 Å². The van der Waals surface area contributed by atoms with Gasteiger partial charge in [-0.3, -0.25) is 0 Å². The topological polar surface area (TPSA) is 9.23 Å². The van der Waals surface area contributed by atoms with Crippen molar-refractivity contribution in [3.8, 4) is 44.9 Å². The number of benzene rings is 7. The van der Waals surface area contributed by atoms with Crippen molar-refractivity contribution < 1.29 is 4.74 Å². The molecular formula is C41H25ClO. The van der Waals surface area contributed by atoms with Gasteiger partial charge in [0, 0.05) is 21.7 Å². The van der Waals surface area contributed by atoms with Crippen molar-refractivity contribution in [1.82, 2.24) is 0 Å². The molecule has 2 aliphatic rings. The molecule has 0 saturated heterocycles. The van der Waals surface area contributed by atoms with Gasteiger partial charge in [-0.15, -0.1) is 0 Å². The molecule has 7 aromatic carbocycles. The molecule has 1 heterocycles. The van der Waals surface area contributed by atoms with Crippen molar-refractivity contribution in [3.05, 3.63) is 179 Å². The van der Waals surface area contributed by atoms with Crippen molar-refractivity contribution in [1.29, 1.82) is 0 Å². The number of hydrogen-bond donors (Lipinski definition) is 0. The molecule has 0 fully saturated rings. The van der Waals surface area contributed by atoms with E-state index in [-0.39, 0.29) is 0 Å². The Labute approximate surface area is 255 Å². The first-order valence-electron chi connectivity index (χ1n) is 14.6. The lowest BCUT2D eigenvalue weighted by Gasteiger charge is -2.40. The molecule has 0 N–H and O–H groups in total. The Morgan fingerprint density at radius 3 is 1.74 bits per heavy atom. The molecule has 9 rings (SSSR count). The van der Waals surface area contributed by atoms with Gasteiger partial charge < -0.3 is 4.74 Å². The van der Waals surface area contributed by atoms with E-state index >= 15 is 0 Å². The minimum Gasteiger partial charge on any atom is -0.456 e. The molecule has 2 heteroatoms. The summed E-state index contributed by atoms with van der Waals surface area (Å²) in [6, 6.07) is 54.0. The Kier molecular flexibility index (Phi) is 5.24. The third-order valence-electron chi connectivity index (χ3n) is 9.19. The number of rotatable bonds is 2. The van der Waals surface area contributed by atoms with Crippen LogP contribution in [0.3, 0.4) is 0 Å². The monoisotopic (exact) mass is 568 g/mol. The molecule has 0 saturated carbocycles. The summed E-state index contributed by atoms with van der Waals surface area (Å²) in [5.74, 6) is 1.72. The average Bonchev–Trinajstić information content (AvgIpc) is 3.36. The minimum atomic E-state index is -0.561. The molecule has 1 aliphatic carbocycles. The fraction of sp³-hybridized carbons (Fsp3) is 0.0244. The molecule has 0 radical (unpaired) electrons. The van der Waals surface area contributed by atoms with E-state index < -0.39 is 5.41 Å². The van der Waals surface area contributed by atoms with Crippen LogP contribution in [0, 0.1) is 0 Å². The Bertz CT molecular complexity index is 2200. The number of ether oxygens (including phenoxy) is 1. The smallest absolute Gasteiger partial charge is 0.140 e. The Morgan fingerprint density at radius 2 is 1.00 bits per heavy atom. The highest BCUT2D eigenvalue weighted by Crippen LogP contribution is 2.63. The lowest BCUT2D eigenvalue weighted by atomic mass is 9.65. The minimum absolute atomic E-state index is 0.561. The van der Waals surface area contributed by atoms with Crippen molar-refractivity contribution in [2.45, 2.75) is 5.41 Å². The second kappa shape index (κ2) is 9.19. The SMILES string of the molecule is Clc1cc(-c2ccccc2-c2ccc3ccccc3c2)c2c(c1)C1(c3ccccc3O2)c2ccccc2-c2ccccc21. The van der Waals surface area contributed by atoms with Gasteiger partial charge in [0.25, 0.3) is 0 Å². The van der Waals surface area contributed by atoms with Crippen molar-refractivity contribution in [2.75, 3.05) is 0 Å². The molecule has 1 aliphatic heterocycles. The first-order valence-corrected chi connectivity index (χ1v) is 15.0. The Hall–Kier alpha value is -5.11. The summed E-state index contributed by atoms with van der Waals surface area (Å²) in [5.41, 5.74) is 11.0. The summed E-state index contributed by atoms with van der Waals surface area (Å²) >= 11 is 7.10. The van der Waals surface area contributed by atoms with Crippen LogP contribution in [-0.4, -0.2) is 0 Å². The van der Waals surface area contributed by atoms with E-state index in [2.05, 4.69) is 152 Å². The van der Waals surface area contributed by atoms with Gasteiger partial charge in [-0.05, 0) is 74.0 Å². The van der Waals surface area contributed by atoms with E-state index in [4.69, 9.17) is 16.3 Å². The molecule has 1 spiro atoms. The Morgan fingerprint density at radius 1 is 0.419 bits per heavy atom.